The summed E-state index contributed by atoms with van der Waals surface area (Å²) in [7, 11) is 0. The van der Waals surface area contributed by atoms with E-state index in [4.69, 9.17) is 32.7 Å². The van der Waals surface area contributed by atoms with Crippen molar-refractivity contribution in [3.63, 3.8) is 0 Å². The molecule has 0 aromatic rings. The first-order chi connectivity index (χ1) is 15.1. The predicted octanol–water partition coefficient (Wildman–Crippen LogP) is 4.60. The Bertz CT molecular complexity index is 999. The van der Waals surface area contributed by atoms with Gasteiger partial charge in [-0.3, -0.25) is 9.59 Å². The van der Waals surface area contributed by atoms with Gasteiger partial charge in [0, 0.05) is 10.8 Å². The highest BCUT2D eigenvalue weighted by Gasteiger charge is 2.80. The van der Waals surface area contributed by atoms with E-state index in [2.05, 4.69) is 15.9 Å². The zero-order chi connectivity index (χ0) is 24.4. The van der Waals surface area contributed by atoms with Gasteiger partial charge in [-0.1, -0.05) is 59.1 Å². The molecule has 33 heavy (non-hydrogen) atoms. The number of rotatable bonds is 2. The number of aliphatic hydroxyl groups excluding tert-OH is 1. The van der Waals surface area contributed by atoms with Gasteiger partial charge in [-0.15, -0.1) is 0 Å². The molecule has 5 aliphatic rings. The van der Waals surface area contributed by atoms with Crippen molar-refractivity contribution >= 4 is 50.7 Å². The van der Waals surface area contributed by atoms with Gasteiger partial charge in [0.2, 0.25) is 5.78 Å². The molecule has 4 fully saturated rings. The molecule has 0 radical (unpaired) electrons. The first-order valence-electron chi connectivity index (χ1n) is 11.3. The molecule has 9 atom stereocenters. The highest BCUT2D eigenvalue weighted by atomic mass is 79.9. The van der Waals surface area contributed by atoms with Gasteiger partial charge < -0.3 is 14.6 Å². The Morgan fingerprint density at radius 1 is 1.24 bits per heavy atom. The molecule has 4 aliphatic carbocycles. The third-order valence-corrected chi connectivity index (χ3v) is 11.5. The lowest BCUT2D eigenvalue weighted by molar-refractivity contribution is -0.221. The van der Waals surface area contributed by atoms with Crippen LogP contribution in [-0.4, -0.2) is 55.6 Å². The first-order valence-corrected chi connectivity index (χ1v) is 13.0. The van der Waals surface area contributed by atoms with Gasteiger partial charge in [0.25, 0.3) is 0 Å². The minimum atomic E-state index is -1.45. The monoisotopic (exact) mass is 564 g/mol. The molecule has 0 bridgehead atoms. The smallest absolute Gasteiger partial charge is 0.200 e. The lowest BCUT2D eigenvalue weighted by Gasteiger charge is -2.64. The SMILES string of the molecule is CC1(C)O[C@@H]2C[C@H]3[C@@H]4C[C@H](F)C5=CC(=O)C=C[C@]5(C)[C@@]4(Br)[C@@H](O)C[C@]3(C)[C@]2(C(=O)C(Cl)Cl)O1. The van der Waals surface area contributed by atoms with Crippen molar-refractivity contribution < 1.29 is 28.6 Å². The normalized spacial score (nSPS) is 52.1. The molecule has 1 saturated heterocycles. The quantitative estimate of drug-likeness (QED) is 0.495. The summed E-state index contributed by atoms with van der Waals surface area (Å²) >= 11 is 16.1. The highest BCUT2D eigenvalue weighted by Crippen LogP contribution is 2.73. The summed E-state index contributed by atoms with van der Waals surface area (Å²) in [6.07, 6.45) is 2.32. The van der Waals surface area contributed by atoms with Crippen LogP contribution in [0.25, 0.3) is 0 Å². The minimum Gasteiger partial charge on any atom is -0.392 e. The number of fused-ring (bicyclic) bond motifs is 7. The number of hydrogen-bond acceptors (Lipinski definition) is 5. The van der Waals surface area contributed by atoms with E-state index in [1.807, 2.05) is 13.8 Å². The Morgan fingerprint density at radius 3 is 2.55 bits per heavy atom. The van der Waals surface area contributed by atoms with Gasteiger partial charge in [0.15, 0.2) is 22.0 Å². The highest BCUT2D eigenvalue weighted by molar-refractivity contribution is 9.10. The van der Waals surface area contributed by atoms with Gasteiger partial charge in [0.05, 0.1) is 16.5 Å². The third kappa shape index (κ3) is 2.81. The zero-order valence-electron chi connectivity index (χ0n) is 18.9. The fourth-order valence-electron chi connectivity index (χ4n) is 7.90. The van der Waals surface area contributed by atoms with Crippen LogP contribution in [0.1, 0.15) is 47.0 Å². The summed E-state index contributed by atoms with van der Waals surface area (Å²) < 4.78 is 27.3. The van der Waals surface area contributed by atoms with Crippen molar-refractivity contribution in [1.29, 1.82) is 0 Å². The van der Waals surface area contributed by atoms with Crippen molar-refractivity contribution in [3.05, 3.63) is 23.8 Å². The van der Waals surface area contributed by atoms with Crippen LogP contribution in [-0.2, 0) is 19.1 Å². The van der Waals surface area contributed by atoms with E-state index in [0.717, 1.165) is 0 Å². The number of halogens is 4. The van der Waals surface area contributed by atoms with E-state index < -0.39 is 55.5 Å². The van der Waals surface area contributed by atoms with Crippen LogP contribution in [0.5, 0.6) is 0 Å². The Kier molecular flexibility index (Phi) is 5.27. The lowest BCUT2D eigenvalue weighted by atomic mass is 9.45. The van der Waals surface area contributed by atoms with E-state index >= 15 is 4.39 Å². The van der Waals surface area contributed by atoms with Gasteiger partial charge in [-0.05, 0) is 62.7 Å². The molecular formula is C24H28BrCl2FO5. The van der Waals surface area contributed by atoms with Crippen molar-refractivity contribution in [3.8, 4) is 0 Å². The standard InChI is InChI=1S/C24H28BrCl2FO5/c1-20(2)32-17-9-12-13-8-15(28)14-7-11(29)5-6-21(14,3)23(13,25)16(30)10-22(12,4)24(17,33-20)18(31)19(26)27/h5-7,12-13,15-17,19,30H,8-10H2,1-4H3/t12-,13-,15-,16-,17+,21-,22-,23-,24-/m0/s1. The Labute approximate surface area is 211 Å². The summed E-state index contributed by atoms with van der Waals surface area (Å²) in [6, 6.07) is 0. The largest absolute Gasteiger partial charge is 0.392 e. The third-order valence-electron chi connectivity index (χ3n) is 9.19. The Morgan fingerprint density at radius 2 is 1.91 bits per heavy atom. The fourth-order valence-corrected chi connectivity index (χ4v) is 9.25. The molecule has 5 rings (SSSR count). The molecule has 0 unspecified atom stereocenters. The number of carbonyl (C=O) groups excluding carboxylic acids is 2. The molecule has 1 aliphatic heterocycles. The number of allylic oxidation sites excluding steroid dienone is 4. The predicted molar refractivity (Wildman–Crippen MR) is 125 cm³/mol. The maximum absolute atomic E-state index is 15.7. The average Bonchev–Trinajstić information content (AvgIpc) is 3.11. The summed E-state index contributed by atoms with van der Waals surface area (Å²) in [4.78, 5) is 24.3. The maximum atomic E-state index is 15.7. The number of ether oxygens (including phenoxy) is 2. The van der Waals surface area contributed by atoms with E-state index in [1.54, 1.807) is 19.9 Å². The van der Waals surface area contributed by atoms with E-state index in [-0.39, 0.29) is 30.5 Å². The first kappa shape index (κ1) is 24.4. The number of carbonyl (C=O) groups is 2. The average molecular weight is 566 g/mol. The molecule has 0 aromatic heterocycles. The van der Waals surface area contributed by atoms with Gasteiger partial charge in [-0.25, -0.2) is 4.39 Å². The van der Waals surface area contributed by atoms with Crippen LogP contribution in [0.4, 0.5) is 4.39 Å². The van der Waals surface area contributed by atoms with Crippen LogP contribution in [0.15, 0.2) is 23.8 Å². The van der Waals surface area contributed by atoms with Crippen molar-refractivity contribution in [2.24, 2.45) is 22.7 Å². The van der Waals surface area contributed by atoms with E-state index in [9.17, 15) is 14.7 Å². The van der Waals surface area contributed by atoms with Crippen LogP contribution in [0, 0.1) is 22.7 Å². The van der Waals surface area contributed by atoms with E-state index in [1.165, 1.54) is 12.2 Å². The molecule has 9 heteroatoms. The molecule has 5 nitrogen and oxygen atoms in total. The van der Waals surface area contributed by atoms with Crippen molar-refractivity contribution in [2.75, 3.05) is 0 Å². The molecule has 0 aromatic carbocycles. The molecular weight excluding hydrogens is 538 g/mol. The number of aliphatic hydroxyl groups is 1. The summed E-state index contributed by atoms with van der Waals surface area (Å²) in [5.41, 5.74) is -2.88. The van der Waals surface area contributed by atoms with E-state index in [0.29, 0.717) is 12.0 Å². The lowest BCUT2D eigenvalue weighted by Crippen LogP contribution is -2.70. The Hall–Kier alpha value is -0.310. The van der Waals surface area contributed by atoms with Crippen LogP contribution in [0.3, 0.4) is 0 Å². The van der Waals surface area contributed by atoms with Gasteiger partial charge >= 0.3 is 0 Å². The fraction of sp³-hybridized carbons (Fsp3) is 0.750. The molecule has 1 N–H and O–H groups in total. The molecule has 3 saturated carbocycles. The topological polar surface area (TPSA) is 72.8 Å². The molecule has 1 heterocycles. The number of hydrogen-bond donors (Lipinski definition) is 1. The van der Waals surface area contributed by atoms with Crippen LogP contribution in [0.2, 0.25) is 0 Å². The molecule has 182 valence electrons. The second kappa shape index (κ2) is 7.13. The number of alkyl halides is 4. The Balaban J connectivity index is 1.67. The summed E-state index contributed by atoms with van der Waals surface area (Å²) in [5.74, 6) is -2.36. The maximum Gasteiger partial charge on any atom is 0.200 e. The second-order valence-electron chi connectivity index (χ2n) is 11.1. The summed E-state index contributed by atoms with van der Waals surface area (Å²) in [5, 5.41) is 11.7. The van der Waals surface area contributed by atoms with Gasteiger partial charge in [0.1, 0.15) is 6.17 Å². The summed E-state index contributed by atoms with van der Waals surface area (Å²) in [6.45, 7) is 7.25. The van der Waals surface area contributed by atoms with Gasteiger partial charge in [-0.2, -0.15) is 0 Å². The number of ketones is 2. The minimum absolute atomic E-state index is 0.108. The zero-order valence-corrected chi connectivity index (χ0v) is 22.0. The number of Topliss-reactive ketones (excluding diaryl/α,β-unsaturated/α-hetero) is 1. The van der Waals surface area contributed by atoms with Crippen LogP contribution < -0.4 is 0 Å². The molecule has 0 spiro atoms. The van der Waals surface area contributed by atoms with Crippen molar-refractivity contribution in [2.45, 2.75) is 85.9 Å². The second-order valence-corrected chi connectivity index (χ2v) is 13.5. The van der Waals surface area contributed by atoms with Crippen molar-refractivity contribution in [1.82, 2.24) is 0 Å². The molecule has 0 amide bonds. The van der Waals surface area contributed by atoms with Crippen LogP contribution >= 0.6 is 39.1 Å².